The van der Waals surface area contributed by atoms with Crippen molar-refractivity contribution in [3.05, 3.63) is 95.6 Å². The van der Waals surface area contributed by atoms with Gasteiger partial charge in [0, 0.05) is 19.2 Å². The van der Waals surface area contributed by atoms with Gasteiger partial charge in [-0.05, 0) is 83.1 Å². The highest BCUT2D eigenvalue weighted by molar-refractivity contribution is 14.1. The number of aryl methyl sites for hydroxylation is 1. The van der Waals surface area contributed by atoms with Crippen LogP contribution in [0.1, 0.15) is 22.3 Å². The summed E-state index contributed by atoms with van der Waals surface area (Å²) in [6.45, 7) is 2.31. The van der Waals surface area contributed by atoms with Crippen LogP contribution in [0.5, 0.6) is 11.5 Å². The van der Waals surface area contributed by atoms with Crippen molar-refractivity contribution in [1.82, 2.24) is 0 Å². The molecule has 0 bridgehead atoms. The number of methoxy groups -OCH3 is 1. The Balaban J connectivity index is 1.60. The summed E-state index contributed by atoms with van der Waals surface area (Å²) in [5, 5.41) is 0.358. The number of halogens is 3. The molecule has 1 heterocycles. The van der Waals surface area contributed by atoms with Gasteiger partial charge >= 0.3 is 5.97 Å². The van der Waals surface area contributed by atoms with Gasteiger partial charge in [-0.15, -0.1) is 0 Å². The molecule has 3 aromatic carbocycles. The molecule has 4 rings (SSSR count). The maximum atomic E-state index is 12.4. The summed E-state index contributed by atoms with van der Waals surface area (Å²) in [7, 11) is 1.53. The fourth-order valence-corrected chi connectivity index (χ4v) is 4.21. The number of esters is 1. The van der Waals surface area contributed by atoms with Crippen molar-refractivity contribution in [2.24, 2.45) is 4.99 Å². The lowest BCUT2D eigenvalue weighted by Crippen LogP contribution is -2.05. The lowest BCUT2D eigenvalue weighted by Gasteiger charge is -2.14. The lowest BCUT2D eigenvalue weighted by atomic mass is 10.1. The Kier molecular flexibility index (Phi) is 7.41. The monoisotopic (exact) mass is 637 g/mol. The minimum absolute atomic E-state index is 0.182. The van der Waals surface area contributed by atoms with E-state index in [0.717, 1.165) is 24.7 Å². The van der Waals surface area contributed by atoms with E-state index in [1.54, 1.807) is 18.2 Å². The Labute approximate surface area is 218 Å². The number of benzene rings is 3. The lowest BCUT2D eigenvalue weighted by molar-refractivity contribution is -0.129. The zero-order valence-corrected chi connectivity index (χ0v) is 22.2. The van der Waals surface area contributed by atoms with Gasteiger partial charge in [-0.1, -0.05) is 45.7 Å². The van der Waals surface area contributed by atoms with Crippen LogP contribution in [0, 0.1) is 10.5 Å². The predicted octanol–water partition coefficient (Wildman–Crippen LogP) is 6.95. The molecule has 5 nitrogen and oxygen atoms in total. The van der Waals surface area contributed by atoms with Crippen molar-refractivity contribution in [2.75, 3.05) is 7.11 Å². The van der Waals surface area contributed by atoms with Crippen molar-refractivity contribution in [2.45, 2.75) is 13.5 Å². The van der Waals surface area contributed by atoms with E-state index < -0.39 is 5.97 Å². The number of hydrogen-bond donors (Lipinski definition) is 0. The van der Waals surface area contributed by atoms with Crippen LogP contribution in [0.2, 0.25) is 5.02 Å². The van der Waals surface area contributed by atoms with E-state index in [2.05, 4.69) is 43.5 Å². The van der Waals surface area contributed by atoms with Gasteiger partial charge in [-0.25, -0.2) is 9.79 Å². The van der Waals surface area contributed by atoms with Crippen LogP contribution < -0.4 is 9.47 Å². The SMILES string of the molecule is COc1cc(/C=C2\N=C(c3ccc(I)c(C)c3)OC2=O)cc(Cl)c1OCc1ccccc1Br. The molecule has 0 amide bonds. The topological polar surface area (TPSA) is 57.1 Å². The molecule has 168 valence electrons. The maximum absolute atomic E-state index is 12.4. The number of ether oxygens (including phenoxy) is 3. The first kappa shape index (κ1) is 23.8. The Morgan fingerprint density at radius 1 is 1.18 bits per heavy atom. The van der Waals surface area contributed by atoms with Gasteiger partial charge in [0.1, 0.15) is 6.61 Å². The van der Waals surface area contributed by atoms with Crippen molar-refractivity contribution in [1.29, 1.82) is 0 Å². The van der Waals surface area contributed by atoms with E-state index >= 15 is 0 Å². The molecule has 0 radical (unpaired) electrons. The molecule has 0 saturated carbocycles. The summed E-state index contributed by atoms with van der Waals surface area (Å²) < 4.78 is 18.9. The molecule has 3 aromatic rings. The van der Waals surface area contributed by atoms with Gasteiger partial charge < -0.3 is 14.2 Å². The molecule has 0 aromatic heterocycles. The molecular formula is C25H18BrClINO4. The van der Waals surface area contributed by atoms with Gasteiger partial charge in [0.05, 0.1) is 12.1 Å². The van der Waals surface area contributed by atoms with Crippen LogP contribution >= 0.6 is 50.1 Å². The molecule has 8 heteroatoms. The third kappa shape index (κ3) is 5.42. The van der Waals surface area contributed by atoms with Crippen LogP contribution in [0.3, 0.4) is 0 Å². The van der Waals surface area contributed by atoms with Gasteiger partial charge in [-0.2, -0.15) is 0 Å². The summed E-state index contributed by atoms with van der Waals surface area (Å²) in [6.07, 6.45) is 1.61. The standard InChI is InChI=1S/C25H18BrClINO4/c1-14-9-16(7-8-20(14)28)24-29-21(25(30)33-24)11-15-10-19(27)23(22(12-15)31-2)32-13-17-5-3-4-6-18(17)26/h3-12H,13H2,1-2H3/b21-11-. The van der Waals surface area contributed by atoms with E-state index in [1.165, 1.54) is 7.11 Å². The minimum Gasteiger partial charge on any atom is -0.493 e. The van der Waals surface area contributed by atoms with E-state index in [-0.39, 0.29) is 11.6 Å². The van der Waals surface area contributed by atoms with Crippen LogP contribution in [-0.4, -0.2) is 19.0 Å². The summed E-state index contributed by atoms with van der Waals surface area (Å²) in [6, 6.07) is 17.0. The zero-order valence-electron chi connectivity index (χ0n) is 17.7. The maximum Gasteiger partial charge on any atom is 0.363 e. The highest BCUT2D eigenvalue weighted by Crippen LogP contribution is 2.38. The fraction of sp³-hybridized carbons (Fsp3) is 0.120. The highest BCUT2D eigenvalue weighted by Gasteiger charge is 2.25. The number of cyclic esters (lactones) is 1. The molecule has 33 heavy (non-hydrogen) atoms. The van der Waals surface area contributed by atoms with Crippen molar-refractivity contribution in [3.63, 3.8) is 0 Å². The average molecular weight is 639 g/mol. The number of rotatable bonds is 6. The summed E-state index contributed by atoms with van der Waals surface area (Å²) in [4.78, 5) is 16.8. The highest BCUT2D eigenvalue weighted by atomic mass is 127. The van der Waals surface area contributed by atoms with Gasteiger partial charge in [0.15, 0.2) is 17.2 Å². The van der Waals surface area contributed by atoms with Crippen molar-refractivity contribution < 1.29 is 19.0 Å². The Hall–Kier alpha value is -2.36. The molecule has 0 saturated heterocycles. The molecule has 0 spiro atoms. The number of aliphatic imine (C=N–C) groups is 1. The largest absolute Gasteiger partial charge is 0.493 e. The fourth-order valence-electron chi connectivity index (χ4n) is 3.20. The van der Waals surface area contributed by atoms with Crippen LogP contribution in [-0.2, 0) is 16.1 Å². The zero-order chi connectivity index (χ0) is 23.5. The van der Waals surface area contributed by atoms with E-state index in [1.807, 2.05) is 49.4 Å². The molecular weight excluding hydrogens is 621 g/mol. The number of carbonyl (C=O) groups is 1. The van der Waals surface area contributed by atoms with Crippen molar-refractivity contribution >= 4 is 68.1 Å². The number of nitrogens with zero attached hydrogens (tertiary/aromatic N) is 1. The van der Waals surface area contributed by atoms with Gasteiger partial charge in [-0.3, -0.25) is 0 Å². The summed E-state index contributed by atoms with van der Waals surface area (Å²) in [5.74, 6) is 0.623. The molecule has 1 aliphatic heterocycles. The summed E-state index contributed by atoms with van der Waals surface area (Å²) >= 11 is 12.3. The smallest absolute Gasteiger partial charge is 0.363 e. The first-order chi connectivity index (χ1) is 15.9. The van der Waals surface area contributed by atoms with E-state index in [0.29, 0.717) is 28.7 Å². The Morgan fingerprint density at radius 2 is 1.97 bits per heavy atom. The minimum atomic E-state index is -0.523. The third-order valence-corrected chi connectivity index (χ3v) is 7.18. The van der Waals surface area contributed by atoms with E-state index in [4.69, 9.17) is 25.8 Å². The van der Waals surface area contributed by atoms with Crippen molar-refractivity contribution in [3.8, 4) is 11.5 Å². The Bertz CT molecular complexity index is 1310. The molecule has 0 aliphatic carbocycles. The molecule has 0 atom stereocenters. The second-order valence-corrected chi connectivity index (χ2v) is 9.64. The van der Waals surface area contributed by atoms with Crippen LogP contribution in [0.15, 0.2) is 69.8 Å². The summed E-state index contributed by atoms with van der Waals surface area (Å²) in [5.41, 5.74) is 3.63. The number of carbonyl (C=O) groups excluding carboxylic acids is 1. The first-order valence-electron chi connectivity index (χ1n) is 9.88. The molecule has 0 fully saturated rings. The normalized spacial score (nSPS) is 14.3. The first-order valence-corrected chi connectivity index (χ1v) is 12.1. The third-order valence-electron chi connectivity index (χ3n) is 4.91. The molecule has 0 unspecified atom stereocenters. The van der Waals surface area contributed by atoms with Gasteiger partial charge in [0.2, 0.25) is 5.90 Å². The average Bonchev–Trinajstić information content (AvgIpc) is 3.15. The molecule has 0 N–H and O–H groups in total. The van der Waals surface area contributed by atoms with Gasteiger partial charge in [0.25, 0.3) is 0 Å². The van der Waals surface area contributed by atoms with Crippen LogP contribution in [0.4, 0.5) is 0 Å². The predicted molar refractivity (Wildman–Crippen MR) is 141 cm³/mol. The quantitative estimate of drug-likeness (QED) is 0.167. The Morgan fingerprint density at radius 3 is 2.70 bits per heavy atom. The second-order valence-electron chi connectivity index (χ2n) is 7.21. The van der Waals surface area contributed by atoms with E-state index in [9.17, 15) is 4.79 Å². The number of hydrogen-bond acceptors (Lipinski definition) is 5. The van der Waals surface area contributed by atoms with Crippen LogP contribution in [0.25, 0.3) is 6.08 Å². The molecule has 1 aliphatic rings. The second kappa shape index (κ2) is 10.3.